The lowest BCUT2D eigenvalue weighted by molar-refractivity contribution is 0.0517. The Balaban J connectivity index is 1.75. The molecule has 194 valence electrons. The molecule has 1 aromatic heterocycles. The van der Waals surface area contributed by atoms with E-state index < -0.39 is 34.9 Å². The molecule has 0 saturated carbocycles. The summed E-state index contributed by atoms with van der Waals surface area (Å²) in [6, 6.07) is 10.9. The first-order valence-corrected chi connectivity index (χ1v) is 11.8. The van der Waals surface area contributed by atoms with Gasteiger partial charge in [-0.25, -0.2) is 14.3 Å². The standard InChI is InChI=1S/C28H25N3O7/c1-5-37-26(35)21-16-30(31-24(33)18-10-6-7-11-19(18)25(31)34)22-13-12-17(15-20(22)23(21)32)9-8-14-29-27(36)38-28(2,3)4/h6-7,10-13,15-16H,5,14H2,1-4H3,(H,29,36). The molecular weight excluding hydrogens is 490 g/mol. The Bertz CT molecular complexity index is 1570. The van der Waals surface area contributed by atoms with Gasteiger partial charge in [-0.05, 0) is 58.0 Å². The highest BCUT2D eigenvalue weighted by Gasteiger charge is 2.37. The summed E-state index contributed by atoms with van der Waals surface area (Å²) >= 11 is 0. The normalized spacial score (nSPS) is 12.6. The van der Waals surface area contributed by atoms with Crippen molar-refractivity contribution in [1.82, 2.24) is 9.99 Å². The van der Waals surface area contributed by atoms with Crippen LogP contribution in [-0.2, 0) is 9.47 Å². The van der Waals surface area contributed by atoms with Crippen molar-refractivity contribution < 1.29 is 28.7 Å². The number of benzene rings is 2. The molecule has 10 nitrogen and oxygen atoms in total. The Labute approximate surface area is 218 Å². The van der Waals surface area contributed by atoms with Gasteiger partial charge in [-0.2, -0.15) is 5.01 Å². The Morgan fingerprint density at radius 1 is 1.00 bits per heavy atom. The van der Waals surface area contributed by atoms with Crippen molar-refractivity contribution in [3.8, 4) is 11.8 Å². The Morgan fingerprint density at radius 2 is 1.66 bits per heavy atom. The lowest BCUT2D eigenvalue weighted by atomic mass is 10.1. The summed E-state index contributed by atoms with van der Waals surface area (Å²) in [4.78, 5) is 64.0. The molecule has 0 radical (unpaired) electrons. The summed E-state index contributed by atoms with van der Waals surface area (Å²) in [7, 11) is 0. The molecule has 2 aromatic carbocycles. The zero-order chi connectivity index (χ0) is 27.6. The van der Waals surface area contributed by atoms with Crippen LogP contribution in [0, 0.1) is 11.8 Å². The number of aromatic nitrogens is 1. The van der Waals surface area contributed by atoms with Crippen LogP contribution in [0.15, 0.2) is 53.5 Å². The van der Waals surface area contributed by atoms with Crippen molar-refractivity contribution in [2.45, 2.75) is 33.3 Å². The zero-order valence-electron chi connectivity index (χ0n) is 21.3. The van der Waals surface area contributed by atoms with Crippen molar-refractivity contribution in [3.05, 3.63) is 81.1 Å². The van der Waals surface area contributed by atoms with Crippen LogP contribution in [0.2, 0.25) is 0 Å². The maximum absolute atomic E-state index is 13.3. The highest BCUT2D eigenvalue weighted by Crippen LogP contribution is 2.24. The van der Waals surface area contributed by atoms with Crippen LogP contribution in [0.25, 0.3) is 10.9 Å². The number of amides is 3. The maximum atomic E-state index is 13.3. The number of nitrogens with one attached hydrogen (secondary N) is 1. The summed E-state index contributed by atoms with van der Waals surface area (Å²) < 4.78 is 11.4. The number of esters is 1. The van der Waals surface area contributed by atoms with E-state index in [1.54, 1.807) is 45.9 Å². The predicted octanol–water partition coefficient (Wildman–Crippen LogP) is 2.99. The molecule has 0 bridgehead atoms. The molecule has 3 aromatic rings. The molecule has 0 atom stereocenters. The van der Waals surface area contributed by atoms with E-state index in [9.17, 15) is 24.0 Å². The number of pyridine rings is 1. The number of nitrogens with zero attached hydrogens (tertiary/aromatic N) is 2. The highest BCUT2D eigenvalue weighted by atomic mass is 16.6. The fourth-order valence-corrected chi connectivity index (χ4v) is 3.86. The molecule has 38 heavy (non-hydrogen) atoms. The van der Waals surface area contributed by atoms with Crippen molar-refractivity contribution in [2.75, 3.05) is 18.2 Å². The second kappa shape index (κ2) is 10.2. The summed E-state index contributed by atoms with van der Waals surface area (Å²) in [5, 5.41) is 3.45. The van der Waals surface area contributed by atoms with Gasteiger partial charge in [0.05, 0.1) is 29.8 Å². The van der Waals surface area contributed by atoms with E-state index >= 15 is 0 Å². The quantitative estimate of drug-likeness (QED) is 0.322. The lowest BCUT2D eigenvalue weighted by Crippen LogP contribution is -2.41. The minimum Gasteiger partial charge on any atom is -0.462 e. The largest absolute Gasteiger partial charge is 0.462 e. The number of hydrogen-bond donors (Lipinski definition) is 1. The van der Waals surface area contributed by atoms with E-state index in [0.29, 0.717) is 5.56 Å². The van der Waals surface area contributed by atoms with E-state index in [1.807, 2.05) is 0 Å². The predicted molar refractivity (Wildman–Crippen MR) is 139 cm³/mol. The van der Waals surface area contributed by atoms with E-state index in [2.05, 4.69) is 17.2 Å². The molecule has 2 heterocycles. The Hall–Kier alpha value is -4.91. The van der Waals surface area contributed by atoms with Gasteiger partial charge in [0.1, 0.15) is 11.2 Å². The highest BCUT2D eigenvalue weighted by molar-refractivity contribution is 6.31. The average Bonchev–Trinajstić information content (AvgIpc) is 3.11. The molecule has 0 spiro atoms. The Kier molecular flexibility index (Phi) is 7.04. The number of rotatable bonds is 4. The molecule has 0 fully saturated rings. The van der Waals surface area contributed by atoms with E-state index in [1.165, 1.54) is 28.9 Å². The summed E-state index contributed by atoms with van der Waals surface area (Å²) in [6.07, 6.45) is 0.522. The van der Waals surface area contributed by atoms with Crippen molar-refractivity contribution in [2.24, 2.45) is 0 Å². The van der Waals surface area contributed by atoms with Crippen LogP contribution in [-0.4, -0.2) is 47.3 Å². The third kappa shape index (κ3) is 5.13. The lowest BCUT2D eigenvalue weighted by Gasteiger charge is -2.21. The smallest absolute Gasteiger partial charge is 0.408 e. The van der Waals surface area contributed by atoms with Gasteiger partial charge in [0.15, 0.2) is 0 Å². The average molecular weight is 516 g/mol. The summed E-state index contributed by atoms with van der Waals surface area (Å²) in [5.74, 6) is 3.54. The zero-order valence-corrected chi connectivity index (χ0v) is 21.3. The maximum Gasteiger partial charge on any atom is 0.408 e. The van der Waals surface area contributed by atoms with Crippen molar-refractivity contribution in [1.29, 1.82) is 0 Å². The number of fused-ring (bicyclic) bond motifs is 2. The number of imide groups is 1. The fourth-order valence-electron chi connectivity index (χ4n) is 3.86. The molecule has 10 heteroatoms. The molecule has 3 amide bonds. The van der Waals surface area contributed by atoms with Gasteiger partial charge in [-0.3, -0.25) is 14.4 Å². The number of carbonyl (C=O) groups excluding carboxylic acids is 4. The fraction of sp³-hybridized carbons (Fsp3) is 0.250. The Morgan fingerprint density at radius 3 is 2.26 bits per heavy atom. The van der Waals surface area contributed by atoms with Gasteiger partial charge in [-0.15, -0.1) is 0 Å². The monoisotopic (exact) mass is 515 g/mol. The molecule has 0 aliphatic carbocycles. The van der Waals surface area contributed by atoms with Crippen molar-refractivity contribution in [3.63, 3.8) is 0 Å². The minimum atomic E-state index is -0.886. The van der Waals surface area contributed by atoms with Gasteiger partial charge in [0.2, 0.25) is 5.43 Å². The van der Waals surface area contributed by atoms with Gasteiger partial charge in [-0.1, -0.05) is 24.0 Å². The van der Waals surface area contributed by atoms with E-state index in [0.717, 1.165) is 11.2 Å². The van der Waals surface area contributed by atoms with Gasteiger partial charge < -0.3 is 14.8 Å². The van der Waals surface area contributed by atoms with Crippen molar-refractivity contribution >= 4 is 34.8 Å². The second-order valence-electron chi connectivity index (χ2n) is 9.29. The van der Waals surface area contributed by atoms with Crippen LogP contribution in [0.4, 0.5) is 4.79 Å². The molecule has 0 unspecified atom stereocenters. The number of hydrogen-bond acceptors (Lipinski definition) is 7. The van der Waals surface area contributed by atoms with E-state index in [4.69, 9.17) is 9.47 Å². The first-order valence-electron chi connectivity index (χ1n) is 11.8. The topological polar surface area (TPSA) is 124 Å². The molecule has 1 aliphatic heterocycles. The number of carbonyl (C=O) groups is 4. The van der Waals surface area contributed by atoms with Gasteiger partial charge in [0, 0.05) is 17.1 Å². The van der Waals surface area contributed by atoms with Crippen LogP contribution in [0.3, 0.4) is 0 Å². The third-order valence-corrected chi connectivity index (χ3v) is 5.42. The molecule has 1 N–H and O–H groups in total. The van der Waals surface area contributed by atoms with Crippen LogP contribution >= 0.6 is 0 Å². The molecule has 4 rings (SSSR count). The van der Waals surface area contributed by atoms with Crippen LogP contribution < -0.4 is 15.8 Å². The first kappa shape index (κ1) is 26.2. The molecule has 1 aliphatic rings. The van der Waals surface area contributed by atoms with E-state index in [-0.39, 0.29) is 40.7 Å². The number of alkyl carbamates (subject to hydrolysis) is 1. The first-order chi connectivity index (χ1) is 18.0. The summed E-state index contributed by atoms with van der Waals surface area (Å²) in [6.45, 7) is 6.85. The minimum absolute atomic E-state index is 0.00487. The number of ether oxygens (including phenoxy) is 2. The van der Waals surface area contributed by atoms with Crippen LogP contribution in [0.5, 0.6) is 0 Å². The summed E-state index contributed by atoms with van der Waals surface area (Å²) in [5.41, 5.74) is -0.574. The van der Waals surface area contributed by atoms with Gasteiger partial charge in [0.25, 0.3) is 11.8 Å². The molecular formula is C28H25N3O7. The second-order valence-corrected chi connectivity index (χ2v) is 9.29. The molecule has 0 saturated heterocycles. The SMILES string of the molecule is CCOC(=O)c1cn(N2C(=O)c3ccccc3C2=O)c2ccc(C#CCNC(=O)OC(C)(C)C)cc2c1=O. The third-order valence-electron chi connectivity index (χ3n) is 5.42. The van der Waals surface area contributed by atoms with Gasteiger partial charge >= 0.3 is 12.1 Å². The van der Waals surface area contributed by atoms with Crippen LogP contribution in [0.1, 0.15) is 64.3 Å².